The van der Waals surface area contributed by atoms with Gasteiger partial charge in [-0.3, -0.25) is 0 Å². The first-order valence-electron chi connectivity index (χ1n) is 9.11. The van der Waals surface area contributed by atoms with E-state index in [1.54, 1.807) is 0 Å². The van der Waals surface area contributed by atoms with E-state index in [0.717, 1.165) is 13.0 Å². The minimum Gasteiger partial charge on any atom is -0.457 e. The summed E-state index contributed by atoms with van der Waals surface area (Å²) in [7, 11) is 0. The molecule has 0 radical (unpaired) electrons. The van der Waals surface area contributed by atoms with Crippen LogP contribution in [0.1, 0.15) is 26.2 Å². The van der Waals surface area contributed by atoms with Gasteiger partial charge in [0.1, 0.15) is 6.61 Å². The van der Waals surface area contributed by atoms with Crippen molar-refractivity contribution in [1.29, 1.82) is 0 Å². The van der Waals surface area contributed by atoms with Crippen LogP contribution in [0.25, 0.3) is 0 Å². The number of halogens is 3. The fraction of sp³-hybridized carbons (Fsp3) is 0.941. The lowest BCUT2D eigenvalue weighted by Gasteiger charge is -2.09. The summed E-state index contributed by atoms with van der Waals surface area (Å²) in [5.74, 6) is -2.22. The molecular formula is C17H31F3O7. The van der Waals surface area contributed by atoms with Gasteiger partial charge in [-0.05, 0) is 6.42 Å². The van der Waals surface area contributed by atoms with Crippen LogP contribution in [-0.2, 0) is 33.2 Å². The smallest absolute Gasteiger partial charge is 0.457 e. The molecule has 0 N–H and O–H groups in total. The van der Waals surface area contributed by atoms with Crippen LogP contribution >= 0.6 is 0 Å². The number of rotatable bonds is 19. The van der Waals surface area contributed by atoms with Crippen LogP contribution in [0.5, 0.6) is 0 Å². The minimum atomic E-state index is -4.98. The molecule has 0 atom stereocenters. The van der Waals surface area contributed by atoms with Gasteiger partial charge in [0.15, 0.2) is 0 Å². The number of ether oxygens (including phenoxy) is 6. The van der Waals surface area contributed by atoms with Gasteiger partial charge in [-0.15, -0.1) is 0 Å². The van der Waals surface area contributed by atoms with Crippen LogP contribution in [0, 0.1) is 0 Å². The molecular weight excluding hydrogens is 373 g/mol. The fourth-order valence-corrected chi connectivity index (χ4v) is 1.71. The summed E-state index contributed by atoms with van der Waals surface area (Å²) in [5, 5.41) is 0. The van der Waals surface area contributed by atoms with E-state index in [9.17, 15) is 18.0 Å². The lowest BCUT2D eigenvalue weighted by atomic mass is 10.3. The van der Waals surface area contributed by atoms with E-state index in [1.807, 2.05) is 0 Å². The summed E-state index contributed by atoms with van der Waals surface area (Å²) in [4.78, 5) is 10.4. The van der Waals surface area contributed by atoms with Crippen LogP contribution in [0.2, 0.25) is 0 Å². The second-order valence-corrected chi connectivity index (χ2v) is 5.40. The molecule has 0 aliphatic heterocycles. The summed E-state index contributed by atoms with van der Waals surface area (Å²) in [6.07, 6.45) is -1.54. The Morgan fingerprint density at radius 3 is 1.37 bits per heavy atom. The van der Waals surface area contributed by atoms with Crippen LogP contribution in [0.15, 0.2) is 0 Å². The highest BCUT2D eigenvalue weighted by Gasteiger charge is 2.40. The van der Waals surface area contributed by atoms with Gasteiger partial charge in [0.25, 0.3) is 0 Å². The Bertz CT molecular complexity index is 341. The molecule has 0 spiro atoms. The first kappa shape index (κ1) is 26.1. The molecule has 0 aromatic carbocycles. The van der Waals surface area contributed by atoms with E-state index in [4.69, 9.17) is 23.7 Å². The monoisotopic (exact) mass is 404 g/mol. The molecule has 7 nitrogen and oxygen atoms in total. The van der Waals surface area contributed by atoms with Gasteiger partial charge in [-0.1, -0.05) is 19.8 Å². The second kappa shape index (κ2) is 18.4. The zero-order chi connectivity index (χ0) is 20.2. The molecule has 0 unspecified atom stereocenters. The quantitative estimate of drug-likeness (QED) is 0.242. The molecule has 0 aliphatic rings. The van der Waals surface area contributed by atoms with Crippen molar-refractivity contribution >= 4 is 5.97 Å². The standard InChI is InChI=1S/C17H31F3O7/c1-2-3-4-5-22-6-7-23-8-9-24-10-11-25-12-13-26-14-15-27-16(21)17(18,19)20/h2-15H2,1H3. The predicted octanol–water partition coefficient (Wildman–Crippen LogP) is 2.37. The van der Waals surface area contributed by atoms with Gasteiger partial charge in [-0.25, -0.2) is 4.79 Å². The Hall–Kier alpha value is -0.940. The topological polar surface area (TPSA) is 72.5 Å². The summed E-state index contributed by atoms with van der Waals surface area (Å²) in [5.41, 5.74) is 0. The number of carbonyl (C=O) groups is 1. The molecule has 0 fully saturated rings. The molecule has 0 aromatic rings. The highest BCUT2D eigenvalue weighted by atomic mass is 19.4. The van der Waals surface area contributed by atoms with Crippen molar-refractivity contribution in [2.24, 2.45) is 0 Å². The molecule has 0 saturated heterocycles. The van der Waals surface area contributed by atoms with Crippen LogP contribution < -0.4 is 0 Å². The maximum Gasteiger partial charge on any atom is 0.490 e. The Labute approximate surface area is 158 Å². The molecule has 0 rings (SSSR count). The maximum atomic E-state index is 11.8. The Morgan fingerprint density at radius 1 is 0.630 bits per heavy atom. The summed E-state index contributed by atoms with van der Waals surface area (Å²) in [6.45, 7) is 5.64. The molecule has 0 aliphatic carbocycles. The lowest BCUT2D eigenvalue weighted by molar-refractivity contribution is -0.200. The molecule has 0 amide bonds. The van der Waals surface area contributed by atoms with Crippen molar-refractivity contribution in [2.45, 2.75) is 32.4 Å². The lowest BCUT2D eigenvalue weighted by Crippen LogP contribution is -2.26. The van der Waals surface area contributed by atoms with E-state index in [2.05, 4.69) is 11.7 Å². The summed E-state index contributed by atoms with van der Waals surface area (Å²) < 4.78 is 65.6. The van der Waals surface area contributed by atoms with E-state index in [0.29, 0.717) is 39.6 Å². The average Bonchev–Trinajstić information content (AvgIpc) is 2.62. The molecule has 0 bridgehead atoms. The Morgan fingerprint density at radius 2 is 1.00 bits per heavy atom. The second-order valence-electron chi connectivity index (χ2n) is 5.40. The van der Waals surface area contributed by atoms with Gasteiger partial charge >= 0.3 is 12.1 Å². The zero-order valence-corrected chi connectivity index (χ0v) is 15.9. The van der Waals surface area contributed by atoms with Crippen LogP contribution in [0.3, 0.4) is 0 Å². The first-order valence-corrected chi connectivity index (χ1v) is 9.11. The highest BCUT2D eigenvalue weighted by Crippen LogP contribution is 2.16. The van der Waals surface area contributed by atoms with Crippen LogP contribution in [0.4, 0.5) is 13.2 Å². The molecule has 0 heterocycles. The first-order chi connectivity index (χ1) is 13.0. The number of carbonyl (C=O) groups excluding carboxylic acids is 1. The van der Waals surface area contributed by atoms with Crippen molar-refractivity contribution < 1.29 is 46.4 Å². The van der Waals surface area contributed by atoms with Gasteiger partial charge in [-0.2, -0.15) is 13.2 Å². The molecule has 27 heavy (non-hydrogen) atoms. The Balaban J connectivity index is 3.10. The van der Waals surface area contributed by atoms with E-state index in [1.165, 1.54) is 12.8 Å². The van der Waals surface area contributed by atoms with E-state index in [-0.39, 0.29) is 19.8 Å². The average molecular weight is 404 g/mol. The third kappa shape index (κ3) is 19.6. The summed E-state index contributed by atoms with van der Waals surface area (Å²) >= 11 is 0. The predicted molar refractivity (Wildman–Crippen MR) is 90.6 cm³/mol. The molecule has 10 heteroatoms. The normalized spacial score (nSPS) is 11.7. The number of esters is 1. The van der Waals surface area contributed by atoms with Crippen molar-refractivity contribution in [3.05, 3.63) is 0 Å². The Kier molecular flexibility index (Phi) is 17.8. The molecule has 0 saturated carbocycles. The van der Waals surface area contributed by atoms with Gasteiger partial charge in [0.2, 0.25) is 0 Å². The molecule has 162 valence electrons. The van der Waals surface area contributed by atoms with E-state index < -0.39 is 18.8 Å². The van der Waals surface area contributed by atoms with Gasteiger partial charge < -0.3 is 28.4 Å². The van der Waals surface area contributed by atoms with Gasteiger partial charge in [0, 0.05) is 6.61 Å². The van der Waals surface area contributed by atoms with Gasteiger partial charge in [0.05, 0.1) is 59.5 Å². The summed E-state index contributed by atoms with van der Waals surface area (Å²) in [6, 6.07) is 0. The highest BCUT2D eigenvalue weighted by molar-refractivity contribution is 5.75. The van der Waals surface area contributed by atoms with Crippen molar-refractivity contribution in [1.82, 2.24) is 0 Å². The number of hydrogen-bond acceptors (Lipinski definition) is 7. The van der Waals surface area contributed by atoms with Crippen molar-refractivity contribution in [3.8, 4) is 0 Å². The SMILES string of the molecule is CCCCCOCCOCCOCCOCCOCCOC(=O)C(F)(F)F. The number of unbranched alkanes of at least 4 members (excludes halogenated alkanes) is 2. The van der Waals surface area contributed by atoms with Crippen molar-refractivity contribution in [2.75, 3.05) is 72.7 Å². The van der Waals surface area contributed by atoms with Crippen molar-refractivity contribution in [3.63, 3.8) is 0 Å². The minimum absolute atomic E-state index is 0.124. The molecule has 0 aromatic heterocycles. The fourth-order valence-electron chi connectivity index (χ4n) is 1.71. The third-order valence-electron chi connectivity index (χ3n) is 3.07. The zero-order valence-electron chi connectivity index (χ0n) is 15.9. The number of hydrogen-bond donors (Lipinski definition) is 0. The van der Waals surface area contributed by atoms with Crippen LogP contribution in [-0.4, -0.2) is 84.8 Å². The largest absolute Gasteiger partial charge is 0.490 e. The third-order valence-corrected chi connectivity index (χ3v) is 3.07. The maximum absolute atomic E-state index is 11.8. The number of alkyl halides is 3. The van der Waals surface area contributed by atoms with E-state index >= 15 is 0 Å².